The maximum Gasteiger partial charge on any atom is 0.573 e. The number of nitrogens with zero attached hydrogens (tertiary/aromatic N) is 3. The molecular formula is C21H15F4N3O3. The molecular weight excluding hydrogens is 418 g/mol. The van der Waals surface area contributed by atoms with Crippen LogP contribution >= 0.6 is 0 Å². The standard InChI is InChI=1S/C21H15F4N3O3/c22-15-7-5-13(6-8-15)18-16(12-29)19-20(30)27(9-10-28(19)26-18)11-14-3-1-2-4-17(14)31-21(23,24)25/h1-10,29H,11-12H2. The number of aliphatic hydroxyl groups is 1. The van der Waals surface area contributed by atoms with Gasteiger partial charge in [0, 0.05) is 29.1 Å². The van der Waals surface area contributed by atoms with Gasteiger partial charge in [-0.15, -0.1) is 13.2 Å². The van der Waals surface area contributed by atoms with Gasteiger partial charge in [0.05, 0.1) is 18.8 Å². The highest BCUT2D eigenvalue weighted by Crippen LogP contribution is 2.27. The summed E-state index contributed by atoms with van der Waals surface area (Å²) in [4.78, 5) is 13.1. The van der Waals surface area contributed by atoms with Crippen LogP contribution in [0.4, 0.5) is 17.6 Å². The van der Waals surface area contributed by atoms with Crippen molar-refractivity contribution in [1.29, 1.82) is 0 Å². The first-order valence-electron chi connectivity index (χ1n) is 9.08. The minimum atomic E-state index is -4.87. The predicted molar refractivity (Wildman–Crippen MR) is 103 cm³/mol. The van der Waals surface area contributed by atoms with E-state index >= 15 is 0 Å². The second-order valence-electron chi connectivity index (χ2n) is 6.67. The van der Waals surface area contributed by atoms with Gasteiger partial charge in [-0.3, -0.25) is 4.79 Å². The number of para-hydroxylation sites is 1. The number of aromatic nitrogens is 3. The van der Waals surface area contributed by atoms with Gasteiger partial charge < -0.3 is 14.4 Å². The number of hydrogen-bond donors (Lipinski definition) is 1. The lowest BCUT2D eigenvalue weighted by molar-refractivity contribution is -0.274. The van der Waals surface area contributed by atoms with Gasteiger partial charge in [0.25, 0.3) is 5.56 Å². The number of hydrogen-bond acceptors (Lipinski definition) is 4. The van der Waals surface area contributed by atoms with Crippen molar-refractivity contribution < 1.29 is 27.4 Å². The van der Waals surface area contributed by atoms with E-state index in [0.29, 0.717) is 11.3 Å². The Bertz CT molecular complexity index is 1290. The van der Waals surface area contributed by atoms with Crippen molar-refractivity contribution in [3.63, 3.8) is 0 Å². The molecule has 160 valence electrons. The molecule has 0 aliphatic rings. The van der Waals surface area contributed by atoms with Crippen LogP contribution in [0.1, 0.15) is 11.1 Å². The van der Waals surface area contributed by atoms with E-state index in [1.807, 2.05) is 0 Å². The molecule has 0 atom stereocenters. The lowest BCUT2D eigenvalue weighted by Crippen LogP contribution is -2.24. The summed E-state index contributed by atoms with van der Waals surface area (Å²) in [5.74, 6) is -0.857. The molecule has 0 fully saturated rings. The molecule has 31 heavy (non-hydrogen) atoms. The van der Waals surface area contributed by atoms with Gasteiger partial charge in [-0.1, -0.05) is 18.2 Å². The molecule has 0 aliphatic heterocycles. The number of fused-ring (bicyclic) bond motifs is 1. The van der Waals surface area contributed by atoms with Gasteiger partial charge in [-0.05, 0) is 30.3 Å². The Kier molecular flexibility index (Phi) is 5.24. The van der Waals surface area contributed by atoms with Gasteiger partial charge in [-0.2, -0.15) is 5.10 Å². The van der Waals surface area contributed by atoms with Gasteiger partial charge in [0.15, 0.2) is 0 Å². The molecule has 0 saturated carbocycles. The quantitative estimate of drug-likeness (QED) is 0.487. The molecule has 6 nitrogen and oxygen atoms in total. The molecule has 0 bridgehead atoms. The first-order valence-corrected chi connectivity index (χ1v) is 9.08. The monoisotopic (exact) mass is 433 g/mol. The molecule has 1 N–H and O–H groups in total. The third kappa shape index (κ3) is 4.15. The molecule has 2 aromatic heterocycles. The molecule has 4 rings (SSSR count). The van der Waals surface area contributed by atoms with E-state index in [2.05, 4.69) is 9.84 Å². The predicted octanol–water partition coefficient (Wildman–Crippen LogP) is 3.74. The first kappa shape index (κ1) is 20.6. The molecule has 0 radical (unpaired) electrons. The summed E-state index contributed by atoms with van der Waals surface area (Å²) >= 11 is 0. The van der Waals surface area contributed by atoms with Crippen LogP contribution in [-0.4, -0.2) is 25.7 Å². The number of ether oxygens (including phenoxy) is 1. The van der Waals surface area contributed by atoms with Gasteiger partial charge >= 0.3 is 6.36 Å². The van der Waals surface area contributed by atoms with Crippen molar-refractivity contribution >= 4 is 5.52 Å². The van der Waals surface area contributed by atoms with Crippen LogP contribution < -0.4 is 10.3 Å². The van der Waals surface area contributed by atoms with E-state index in [9.17, 15) is 27.5 Å². The number of halogens is 4. The highest BCUT2D eigenvalue weighted by Gasteiger charge is 2.32. The second kappa shape index (κ2) is 7.88. The molecule has 0 unspecified atom stereocenters. The van der Waals surface area contributed by atoms with Gasteiger partial charge in [0.1, 0.15) is 17.1 Å². The molecule has 0 spiro atoms. The Labute approximate surface area is 172 Å². The molecule has 10 heteroatoms. The van der Waals surface area contributed by atoms with Gasteiger partial charge in [0.2, 0.25) is 0 Å². The minimum Gasteiger partial charge on any atom is -0.405 e. The lowest BCUT2D eigenvalue weighted by Gasteiger charge is -2.14. The lowest BCUT2D eigenvalue weighted by atomic mass is 10.1. The van der Waals surface area contributed by atoms with Crippen LogP contribution in [0.15, 0.2) is 65.7 Å². The topological polar surface area (TPSA) is 68.8 Å². The zero-order chi connectivity index (χ0) is 22.2. The first-order chi connectivity index (χ1) is 14.8. The third-order valence-electron chi connectivity index (χ3n) is 4.67. The summed E-state index contributed by atoms with van der Waals surface area (Å²) in [6.45, 7) is -0.702. The minimum absolute atomic E-state index is 0.0681. The number of alkyl halides is 3. The summed E-state index contributed by atoms with van der Waals surface area (Å²) < 4.78 is 57.8. The van der Waals surface area contributed by atoms with E-state index in [1.165, 1.54) is 63.9 Å². The van der Waals surface area contributed by atoms with Crippen molar-refractivity contribution in [2.75, 3.05) is 0 Å². The molecule has 0 saturated heterocycles. The van der Waals surface area contributed by atoms with Crippen molar-refractivity contribution in [3.05, 3.63) is 88.2 Å². The Morgan fingerprint density at radius 1 is 1.03 bits per heavy atom. The summed E-state index contributed by atoms with van der Waals surface area (Å²) in [7, 11) is 0. The summed E-state index contributed by atoms with van der Waals surface area (Å²) in [6.07, 6.45) is -2.04. The van der Waals surface area contributed by atoms with Crippen molar-refractivity contribution in [1.82, 2.24) is 14.2 Å². The highest BCUT2D eigenvalue weighted by atomic mass is 19.4. The molecule has 2 aromatic carbocycles. The van der Waals surface area contributed by atoms with Crippen LogP contribution in [0, 0.1) is 5.82 Å². The summed E-state index contributed by atoms with van der Waals surface area (Å²) in [6, 6.07) is 10.9. The normalized spacial score (nSPS) is 11.8. The van der Waals surface area contributed by atoms with Crippen molar-refractivity contribution in [2.24, 2.45) is 0 Å². The largest absolute Gasteiger partial charge is 0.573 e. The van der Waals surface area contributed by atoms with E-state index < -0.39 is 30.1 Å². The Morgan fingerprint density at radius 3 is 2.42 bits per heavy atom. The van der Waals surface area contributed by atoms with E-state index in [1.54, 1.807) is 0 Å². The van der Waals surface area contributed by atoms with E-state index in [0.717, 1.165) is 6.07 Å². The Balaban J connectivity index is 1.79. The second-order valence-corrected chi connectivity index (χ2v) is 6.67. The fourth-order valence-electron chi connectivity index (χ4n) is 3.31. The Hall–Kier alpha value is -3.66. The molecule has 0 amide bonds. The third-order valence-corrected chi connectivity index (χ3v) is 4.67. The molecule has 2 heterocycles. The average Bonchev–Trinajstić information content (AvgIpc) is 3.10. The maximum atomic E-state index is 13.2. The maximum absolute atomic E-state index is 13.2. The fraction of sp³-hybridized carbons (Fsp3) is 0.143. The zero-order valence-electron chi connectivity index (χ0n) is 15.8. The van der Waals surface area contributed by atoms with Crippen LogP contribution in [0.2, 0.25) is 0 Å². The van der Waals surface area contributed by atoms with Gasteiger partial charge in [-0.25, -0.2) is 8.91 Å². The Morgan fingerprint density at radius 2 is 1.74 bits per heavy atom. The fourth-order valence-corrected chi connectivity index (χ4v) is 3.31. The van der Waals surface area contributed by atoms with Crippen LogP contribution in [0.3, 0.4) is 0 Å². The van der Waals surface area contributed by atoms with Crippen molar-refractivity contribution in [3.8, 4) is 17.0 Å². The van der Waals surface area contributed by atoms with E-state index in [4.69, 9.17) is 0 Å². The zero-order valence-corrected chi connectivity index (χ0v) is 15.8. The van der Waals surface area contributed by atoms with Crippen LogP contribution in [0.25, 0.3) is 16.8 Å². The SMILES string of the molecule is O=c1c2c(CO)c(-c3ccc(F)cc3)nn2ccn1Cc1ccccc1OC(F)(F)F. The average molecular weight is 433 g/mol. The number of benzene rings is 2. The molecule has 0 aliphatic carbocycles. The van der Waals surface area contributed by atoms with Crippen LogP contribution in [-0.2, 0) is 13.2 Å². The van der Waals surface area contributed by atoms with Crippen molar-refractivity contribution in [2.45, 2.75) is 19.5 Å². The summed E-state index contributed by atoms with van der Waals surface area (Å²) in [5, 5.41) is 14.2. The smallest absolute Gasteiger partial charge is 0.405 e. The number of rotatable bonds is 5. The highest BCUT2D eigenvalue weighted by molar-refractivity contribution is 5.72. The molecule has 4 aromatic rings. The van der Waals surface area contributed by atoms with Crippen LogP contribution in [0.5, 0.6) is 5.75 Å². The summed E-state index contributed by atoms with van der Waals surface area (Å²) in [5.41, 5.74) is 0.691. The number of aliphatic hydroxyl groups excluding tert-OH is 1. The van der Waals surface area contributed by atoms with E-state index in [-0.39, 0.29) is 23.2 Å².